The molecular formula is C16H16N2O3S. The minimum atomic E-state index is 0.727. The molecule has 0 spiro atoms. The fourth-order valence-corrected chi connectivity index (χ4v) is 3.00. The average Bonchev–Trinajstić information content (AvgIpc) is 2.95. The Kier molecular flexibility index (Phi) is 4.02. The highest BCUT2D eigenvalue weighted by atomic mass is 32.1. The maximum atomic E-state index is 5.27. The molecule has 3 aromatic rings. The third-order valence-electron chi connectivity index (χ3n) is 3.20. The van der Waals surface area contributed by atoms with Crippen LogP contribution in [0.3, 0.4) is 0 Å². The van der Waals surface area contributed by atoms with Crippen molar-refractivity contribution in [1.29, 1.82) is 0 Å². The van der Waals surface area contributed by atoms with Crippen molar-refractivity contribution in [3.8, 4) is 17.2 Å². The number of anilines is 2. The average molecular weight is 316 g/mol. The van der Waals surface area contributed by atoms with Crippen LogP contribution < -0.4 is 19.5 Å². The predicted molar refractivity (Wildman–Crippen MR) is 89.0 cm³/mol. The van der Waals surface area contributed by atoms with Gasteiger partial charge in [-0.15, -0.1) is 0 Å². The van der Waals surface area contributed by atoms with Crippen LogP contribution in [0.15, 0.2) is 36.4 Å². The Balaban J connectivity index is 1.92. The van der Waals surface area contributed by atoms with E-state index in [4.69, 9.17) is 14.2 Å². The van der Waals surface area contributed by atoms with Gasteiger partial charge in [0.15, 0.2) is 5.13 Å². The van der Waals surface area contributed by atoms with Gasteiger partial charge in [-0.25, -0.2) is 4.98 Å². The summed E-state index contributed by atoms with van der Waals surface area (Å²) in [6, 6.07) is 11.4. The van der Waals surface area contributed by atoms with Crippen molar-refractivity contribution in [3.05, 3.63) is 36.4 Å². The fourth-order valence-electron chi connectivity index (χ4n) is 2.09. The number of rotatable bonds is 5. The number of hydrogen-bond donors (Lipinski definition) is 1. The summed E-state index contributed by atoms with van der Waals surface area (Å²) in [5, 5.41) is 4.09. The van der Waals surface area contributed by atoms with E-state index < -0.39 is 0 Å². The molecule has 3 rings (SSSR count). The van der Waals surface area contributed by atoms with Crippen molar-refractivity contribution in [2.45, 2.75) is 0 Å². The molecule has 0 fully saturated rings. The molecule has 0 radical (unpaired) electrons. The molecule has 22 heavy (non-hydrogen) atoms. The Morgan fingerprint density at radius 1 is 0.864 bits per heavy atom. The number of fused-ring (bicyclic) bond motifs is 1. The third kappa shape index (κ3) is 2.92. The van der Waals surface area contributed by atoms with E-state index in [1.165, 1.54) is 0 Å². The zero-order valence-corrected chi connectivity index (χ0v) is 13.4. The monoisotopic (exact) mass is 316 g/mol. The molecule has 5 nitrogen and oxygen atoms in total. The van der Waals surface area contributed by atoms with Gasteiger partial charge in [0.25, 0.3) is 0 Å². The summed E-state index contributed by atoms with van der Waals surface area (Å²) >= 11 is 1.56. The van der Waals surface area contributed by atoms with E-state index in [2.05, 4.69) is 10.3 Å². The van der Waals surface area contributed by atoms with Crippen molar-refractivity contribution in [2.75, 3.05) is 26.6 Å². The number of aromatic nitrogens is 1. The number of nitrogens with zero attached hydrogens (tertiary/aromatic N) is 1. The molecule has 0 saturated heterocycles. The molecule has 1 heterocycles. The van der Waals surface area contributed by atoms with Gasteiger partial charge in [-0.3, -0.25) is 0 Å². The van der Waals surface area contributed by atoms with Gasteiger partial charge in [0.1, 0.15) is 17.2 Å². The lowest BCUT2D eigenvalue weighted by molar-refractivity contribution is 0.395. The first-order chi connectivity index (χ1) is 10.7. The summed E-state index contributed by atoms with van der Waals surface area (Å²) < 4.78 is 16.8. The maximum absolute atomic E-state index is 5.27. The Morgan fingerprint density at radius 2 is 1.55 bits per heavy atom. The molecule has 0 bridgehead atoms. The van der Waals surface area contributed by atoms with E-state index in [-0.39, 0.29) is 0 Å². The predicted octanol–water partition coefficient (Wildman–Crippen LogP) is 4.07. The number of methoxy groups -OCH3 is 3. The van der Waals surface area contributed by atoms with E-state index in [0.29, 0.717) is 0 Å². The first kappa shape index (κ1) is 14.5. The molecule has 1 aromatic heterocycles. The van der Waals surface area contributed by atoms with Crippen LogP contribution in [0, 0.1) is 0 Å². The summed E-state index contributed by atoms with van der Waals surface area (Å²) in [7, 11) is 4.91. The van der Waals surface area contributed by atoms with Crippen LogP contribution in [-0.4, -0.2) is 26.3 Å². The Morgan fingerprint density at radius 3 is 2.18 bits per heavy atom. The van der Waals surface area contributed by atoms with Crippen molar-refractivity contribution in [3.63, 3.8) is 0 Å². The number of thiazole rings is 1. The number of benzene rings is 2. The minimum Gasteiger partial charge on any atom is -0.497 e. The number of nitrogens with one attached hydrogen (secondary N) is 1. The van der Waals surface area contributed by atoms with E-state index in [9.17, 15) is 0 Å². The molecule has 0 aliphatic heterocycles. The fraction of sp³-hybridized carbons (Fsp3) is 0.188. The lowest BCUT2D eigenvalue weighted by Crippen LogP contribution is -1.93. The highest BCUT2D eigenvalue weighted by molar-refractivity contribution is 7.22. The second-order valence-electron chi connectivity index (χ2n) is 4.58. The summed E-state index contributed by atoms with van der Waals surface area (Å²) in [6.45, 7) is 0. The highest BCUT2D eigenvalue weighted by Crippen LogP contribution is 2.33. The third-order valence-corrected chi connectivity index (χ3v) is 4.13. The van der Waals surface area contributed by atoms with Gasteiger partial charge in [0.2, 0.25) is 0 Å². The Bertz CT molecular complexity index is 779. The topological polar surface area (TPSA) is 52.6 Å². The largest absolute Gasteiger partial charge is 0.497 e. The van der Waals surface area contributed by atoms with Crippen LogP contribution in [0.4, 0.5) is 10.8 Å². The number of ether oxygens (including phenoxy) is 3. The molecule has 114 valence electrons. The minimum absolute atomic E-state index is 0.727. The van der Waals surface area contributed by atoms with Crippen LogP contribution in [0.25, 0.3) is 10.2 Å². The van der Waals surface area contributed by atoms with E-state index >= 15 is 0 Å². The molecule has 0 aliphatic carbocycles. The molecule has 6 heteroatoms. The standard InChI is InChI=1S/C16H16N2O3S/c1-19-11-4-5-14-15(9-11)22-16(18-14)17-10-6-12(20-2)8-13(7-10)21-3/h4-9H,1-3H3,(H,17,18). The highest BCUT2D eigenvalue weighted by Gasteiger charge is 2.07. The van der Waals surface area contributed by atoms with Crippen molar-refractivity contribution in [2.24, 2.45) is 0 Å². The zero-order chi connectivity index (χ0) is 15.5. The molecule has 0 unspecified atom stereocenters. The number of hydrogen-bond acceptors (Lipinski definition) is 6. The first-order valence-corrected chi connectivity index (χ1v) is 7.48. The van der Waals surface area contributed by atoms with Crippen molar-refractivity contribution in [1.82, 2.24) is 4.98 Å². The molecular weight excluding hydrogens is 300 g/mol. The smallest absolute Gasteiger partial charge is 0.188 e. The van der Waals surface area contributed by atoms with Crippen LogP contribution in [-0.2, 0) is 0 Å². The van der Waals surface area contributed by atoms with Crippen LogP contribution in [0.5, 0.6) is 17.2 Å². The van der Waals surface area contributed by atoms with Crippen molar-refractivity contribution >= 4 is 32.4 Å². The molecule has 0 atom stereocenters. The normalized spacial score (nSPS) is 10.5. The van der Waals surface area contributed by atoms with Crippen LogP contribution >= 0.6 is 11.3 Å². The van der Waals surface area contributed by atoms with Crippen LogP contribution in [0.1, 0.15) is 0 Å². The summed E-state index contributed by atoms with van der Waals surface area (Å²) in [5.41, 5.74) is 1.80. The molecule has 2 aromatic carbocycles. The van der Waals surface area contributed by atoms with Gasteiger partial charge in [0, 0.05) is 23.9 Å². The quantitative estimate of drug-likeness (QED) is 0.769. The Hall–Kier alpha value is -2.47. The van der Waals surface area contributed by atoms with Gasteiger partial charge in [-0.1, -0.05) is 11.3 Å². The van der Waals surface area contributed by atoms with E-state index in [1.807, 2.05) is 36.4 Å². The second-order valence-corrected chi connectivity index (χ2v) is 5.61. The summed E-state index contributed by atoms with van der Waals surface area (Å²) in [5.74, 6) is 2.28. The molecule has 0 saturated carbocycles. The van der Waals surface area contributed by atoms with Gasteiger partial charge < -0.3 is 19.5 Å². The van der Waals surface area contributed by atoms with E-state index in [1.54, 1.807) is 32.7 Å². The first-order valence-electron chi connectivity index (χ1n) is 6.66. The SMILES string of the molecule is COc1cc(Nc2nc3ccc(OC)cc3s2)cc(OC)c1. The van der Waals surface area contributed by atoms with E-state index in [0.717, 1.165) is 38.3 Å². The van der Waals surface area contributed by atoms with Gasteiger partial charge in [-0.2, -0.15) is 0 Å². The van der Waals surface area contributed by atoms with Crippen molar-refractivity contribution < 1.29 is 14.2 Å². The van der Waals surface area contributed by atoms with Gasteiger partial charge >= 0.3 is 0 Å². The lowest BCUT2D eigenvalue weighted by atomic mass is 10.3. The lowest BCUT2D eigenvalue weighted by Gasteiger charge is -2.08. The summed E-state index contributed by atoms with van der Waals surface area (Å²) in [4.78, 5) is 4.56. The molecule has 0 aliphatic rings. The van der Waals surface area contributed by atoms with Gasteiger partial charge in [0.05, 0.1) is 31.5 Å². The van der Waals surface area contributed by atoms with Crippen LogP contribution in [0.2, 0.25) is 0 Å². The van der Waals surface area contributed by atoms with Gasteiger partial charge in [-0.05, 0) is 18.2 Å². The Labute approximate surface area is 132 Å². The molecule has 1 N–H and O–H groups in total. The summed E-state index contributed by atoms with van der Waals surface area (Å²) in [6.07, 6.45) is 0. The molecule has 0 amide bonds. The zero-order valence-electron chi connectivity index (χ0n) is 12.5. The maximum Gasteiger partial charge on any atom is 0.188 e. The second kappa shape index (κ2) is 6.11.